The quantitative estimate of drug-likeness (QED) is 0.382. The van der Waals surface area contributed by atoms with E-state index in [1.54, 1.807) is 43.3 Å². The maximum Gasteiger partial charge on any atom is 0.343 e. The number of carbonyl (C=O) groups excluding carboxylic acids is 3. The molecule has 0 bridgehead atoms. The van der Waals surface area contributed by atoms with E-state index in [0.717, 1.165) is 11.6 Å². The van der Waals surface area contributed by atoms with Crippen molar-refractivity contribution in [2.75, 3.05) is 6.61 Å². The van der Waals surface area contributed by atoms with Crippen molar-refractivity contribution in [2.45, 2.75) is 6.92 Å². The van der Waals surface area contributed by atoms with Crippen molar-refractivity contribution in [2.24, 2.45) is 0 Å². The molecule has 0 fully saturated rings. The van der Waals surface area contributed by atoms with Gasteiger partial charge < -0.3 is 14.2 Å². The first kappa shape index (κ1) is 21.4. The number of hydrogen-bond acceptors (Lipinski definition) is 6. The molecular weight excluding hydrogens is 372 g/mol. The second kappa shape index (κ2) is 10.4. The molecule has 0 atom stereocenters. The minimum atomic E-state index is -0.571. The summed E-state index contributed by atoms with van der Waals surface area (Å²) < 4.78 is 15.2. The monoisotopic (exact) mass is 392 g/mol. The van der Waals surface area contributed by atoms with Crippen molar-refractivity contribution in [1.29, 1.82) is 0 Å². The molecule has 6 heteroatoms. The number of rotatable bonds is 8. The van der Waals surface area contributed by atoms with E-state index < -0.39 is 17.9 Å². The molecule has 0 aliphatic heterocycles. The highest BCUT2D eigenvalue weighted by Crippen LogP contribution is 2.19. The Balaban J connectivity index is 1.89. The third kappa shape index (κ3) is 6.95. The normalized spacial score (nSPS) is 10.2. The van der Waals surface area contributed by atoms with Gasteiger partial charge in [0.05, 0.1) is 5.56 Å². The zero-order valence-electron chi connectivity index (χ0n) is 15.9. The molecule has 2 aromatic rings. The van der Waals surface area contributed by atoms with Crippen LogP contribution in [0.15, 0.2) is 79.4 Å². The maximum atomic E-state index is 12.2. The Kier molecular flexibility index (Phi) is 7.68. The largest absolute Gasteiger partial charge is 0.458 e. The number of esters is 3. The molecular formula is C23H20O6. The Morgan fingerprint density at radius 1 is 0.931 bits per heavy atom. The molecule has 0 saturated heterocycles. The summed E-state index contributed by atoms with van der Waals surface area (Å²) in [6.45, 7) is 8.53. The summed E-state index contributed by atoms with van der Waals surface area (Å²) in [6.07, 6.45) is 4.51. The van der Waals surface area contributed by atoms with E-state index in [1.807, 2.05) is 0 Å². The molecule has 0 aliphatic carbocycles. The van der Waals surface area contributed by atoms with Crippen LogP contribution in [-0.4, -0.2) is 24.5 Å². The van der Waals surface area contributed by atoms with Crippen LogP contribution in [0.4, 0.5) is 0 Å². The van der Waals surface area contributed by atoms with Gasteiger partial charge in [0, 0.05) is 11.6 Å². The van der Waals surface area contributed by atoms with Crippen molar-refractivity contribution in [3.63, 3.8) is 0 Å². The molecule has 2 rings (SSSR count). The molecule has 0 spiro atoms. The third-order valence-corrected chi connectivity index (χ3v) is 3.54. The summed E-state index contributed by atoms with van der Waals surface area (Å²) in [6, 6.07) is 12.8. The SMILES string of the molecule is C=CC(=O)Oc1ccc(OC(=O)c2ccc(/C=C/COC(=O)C(=C)C)cc2)cc1. The molecule has 2 aromatic carbocycles. The molecule has 0 amide bonds. The lowest BCUT2D eigenvalue weighted by atomic mass is 10.1. The topological polar surface area (TPSA) is 78.9 Å². The summed E-state index contributed by atoms with van der Waals surface area (Å²) in [5.74, 6) is -0.902. The standard InChI is InChI=1S/C23H20O6/c1-4-21(24)28-19-11-13-20(14-12-19)29-23(26)18-9-7-17(8-10-18)6-5-15-27-22(25)16(2)3/h4-14H,1-2,15H2,3H3/b6-5+. The molecule has 29 heavy (non-hydrogen) atoms. The van der Waals surface area contributed by atoms with Crippen LogP contribution in [0.5, 0.6) is 11.5 Å². The van der Waals surface area contributed by atoms with Crippen molar-refractivity contribution < 1.29 is 28.6 Å². The average Bonchev–Trinajstić information content (AvgIpc) is 2.72. The van der Waals surface area contributed by atoms with Gasteiger partial charge in [-0.3, -0.25) is 0 Å². The first-order chi connectivity index (χ1) is 13.9. The van der Waals surface area contributed by atoms with Crippen LogP contribution in [0, 0.1) is 0 Å². The van der Waals surface area contributed by atoms with E-state index in [-0.39, 0.29) is 6.61 Å². The minimum absolute atomic E-state index is 0.133. The number of hydrogen-bond donors (Lipinski definition) is 0. The molecule has 0 N–H and O–H groups in total. The first-order valence-corrected chi connectivity index (χ1v) is 8.65. The summed E-state index contributed by atoms with van der Waals surface area (Å²) in [7, 11) is 0. The number of benzene rings is 2. The number of ether oxygens (including phenoxy) is 3. The van der Waals surface area contributed by atoms with E-state index in [4.69, 9.17) is 14.2 Å². The van der Waals surface area contributed by atoms with Gasteiger partial charge in [-0.1, -0.05) is 31.4 Å². The van der Waals surface area contributed by atoms with E-state index in [1.165, 1.54) is 24.3 Å². The van der Waals surface area contributed by atoms with Gasteiger partial charge in [-0.2, -0.15) is 0 Å². The molecule has 148 valence electrons. The smallest absolute Gasteiger partial charge is 0.343 e. The van der Waals surface area contributed by atoms with Crippen molar-refractivity contribution in [3.05, 3.63) is 90.5 Å². The fourth-order valence-corrected chi connectivity index (χ4v) is 2.06. The Hall–Kier alpha value is -3.93. The third-order valence-electron chi connectivity index (χ3n) is 3.54. The second-order valence-electron chi connectivity index (χ2n) is 5.89. The van der Waals surface area contributed by atoms with Crippen molar-refractivity contribution >= 4 is 24.0 Å². The van der Waals surface area contributed by atoms with Crippen LogP contribution in [0.1, 0.15) is 22.8 Å². The van der Waals surface area contributed by atoms with Gasteiger partial charge in [-0.25, -0.2) is 14.4 Å². The lowest BCUT2D eigenvalue weighted by Gasteiger charge is -2.06. The lowest BCUT2D eigenvalue weighted by Crippen LogP contribution is -2.08. The predicted molar refractivity (Wildman–Crippen MR) is 108 cm³/mol. The Morgan fingerprint density at radius 2 is 1.52 bits per heavy atom. The fraction of sp³-hybridized carbons (Fsp3) is 0.0870. The molecule has 0 unspecified atom stereocenters. The molecule has 0 heterocycles. The van der Waals surface area contributed by atoms with E-state index in [9.17, 15) is 14.4 Å². The maximum absolute atomic E-state index is 12.2. The van der Waals surface area contributed by atoms with Crippen LogP contribution in [0.3, 0.4) is 0 Å². The Labute approximate surface area is 168 Å². The Morgan fingerprint density at radius 3 is 2.07 bits per heavy atom. The first-order valence-electron chi connectivity index (χ1n) is 8.65. The minimum Gasteiger partial charge on any atom is -0.458 e. The molecule has 0 aromatic heterocycles. The van der Waals surface area contributed by atoms with Crippen LogP contribution >= 0.6 is 0 Å². The average molecular weight is 392 g/mol. The molecule has 0 aliphatic rings. The highest BCUT2D eigenvalue weighted by molar-refractivity contribution is 5.91. The summed E-state index contributed by atoms with van der Waals surface area (Å²) in [5, 5.41) is 0. The predicted octanol–water partition coefficient (Wildman–Crippen LogP) is 4.13. The van der Waals surface area contributed by atoms with Crippen molar-refractivity contribution in [1.82, 2.24) is 0 Å². The van der Waals surface area contributed by atoms with Crippen LogP contribution in [-0.2, 0) is 14.3 Å². The van der Waals surface area contributed by atoms with Gasteiger partial charge >= 0.3 is 17.9 Å². The summed E-state index contributed by atoms with van der Waals surface area (Å²) in [4.78, 5) is 34.6. The molecule has 6 nitrogen and oxygen atoms in total. The fourth-order valence-electron chi connectivity index (χ4n) is 2.06. The zero-order valence-corrected chi connectivity index (χ0v) is 15.9. The van der Waals surface area contributed by atoms with Gasteiger partial charge in [-0.15, -0.1) is 0 Å². The van der Waals surface area contributed by atoms with Gasteiger partial charge in [-0.05, 0) is 55.0 Å². The number of carbonyl (C=O) groups is 3. The van der Waals surface area contributed by atoms with Crippen LogP contribution in [0.2, 0.25) is 0 Å². The highest BCUT2D eigenvalue weighted by atomic mass is 16.5. The zero-order chi connectivity index (χ0) is 21.2. The van der Waals surface area contributed by atoms with Gasteiger partial charge in [0.15, 0.2) is 0 Å². The summed E-state index contributed by atoms with van der Waals surface area (Å²) >= 11 is 0. The summed E-state index contributed by atoms with van der Waals surface area (Å²) in [5.41, 5.74) is 1.55. The van der Waals surface area contributed by atoms with Crippen LogP contribution in [0.25, 0.3) is 6.08 Å². The molecule has 0 saturated carbocycles. The molecule has 0 radical (unpaired) electrons. The van der Waals surface area contributed by atoms with Gasteiger partial charge in [0.25, 0.3) is 0 Å². The van der Waals surface area contributed by atoms with Crippen LogP contribution < -0.4 is 9.47 Å². The van der Waals surface area contributed by atoms with E-state index in [0.29, 0.717) is 22.6 Å². The lowest BCUT2D eigenvalue weighted by molar-refractivity contribution is -0.137. The van der Waals surface area contributed by atoms with Gasteiger partial charge in [0.2, 0.25) is 0 Å². The van der Waals surface area contributed by atoms with Crippen molar-refractivity contribution in [3.8, 4) is 11.5 Å². The van der Waals surface area contributed by atoms with Gasteiger partial charge in [0.1, 0.15) is 18.1 Å². The van der Waals surface area contributed by atoms with E-state index >= 15 is 0 Å². The second-order valence-corrected chi connectivity index (χ2v) is 5.89. The van der Waals surface area contributed by atoms with E-state index in [2.05, 4.69) is 13.2 Å². The Bertz CT molecular complexity index is 936. The highest BCUT2D eigenvalue weighted by Gasteiger charge is 2.09.